The van der Waals surface area contributed by atoms with Gasteiger partial charge in [0.1, 0.15) is 0 Å². The van der Waals surface area contributed by atoms with E-state index < -0.39 is 5.97 Å². The van der Waals surface area contributed by atoms with Crippen molar-refractivity contribution in [3.8, 4) is 0 Å². The first-order valence-corrected chi connectivity index (χ1v) is 7.31. The van der Waals surface area contributed by atoms with Crippen LogP contribution in [0, 0.1) is 11.8 Å². The van der Waals surface area contributed by atoms with Gasteiger partial charge in [0.15, 0.2) is 0 Å². The van der Waals surface area contributed by atoms with Crippen molar-refractivity contribution in [2.24, 2.45) is 11.8 Å². The lowest BCUT2D eigenvalue weighted by Gasteiger charge is -2.29. The Balaban J connectivity index is 2.44. The maximum absolute atomic E-state index is 12.1. The first-order chi connectivity index (χ1) is 9.85. The number of hydrogen-bond acceptors (Lipinski definition) is 3. The fourth-order valence-corrected chi connectivity index (χ4v) is 2.65. The summed E-state index contributed by atoms with van der Waals surface area (Å²) in [5, 5.41) is 14.4. The topological polar surface area (TPSA) is 98.7 Å². The van der Waals surface area contributed by atoms with Gasteiger partial charge in [-0.1, -0.05) is 13.3 Å². The summed E-state index contributed by atoms with van der Waals surface area (Å²) in [6.07, 6.45) is 2.75. The summed E-state index contributed by atoms with van der Waals surface area (Å²) in [4.78, 5) is 36.0. The molecule has 0 heterocycles. The second-order valence-electron chi connectivity index (χ2n) is 5.74. The smallest absolute Gasteiger partial charge is 0.317 e. The predicted octanol–water partition coefficient (Wildman–Crippen LogP) is 0.653. The van der Waals surface area contributed by atoms with Crippen LogP contribution in [0.5, 0.6) is 0 Å². The molecule has 0 saturated heterocycles. The predicted molar refractivity (Wildman–Crippen MR) is 77.8 cm³/mol. The number of amides is 3. The van der Waals surface area contributed by atoms with Crippen LogP contribution in [0.3, 0.4) is 0 Å². The molecular formula is C14H25N3O4. The molecule has 0 spiro atoms. The molecule has 1 fully saturated rings. The van der Waals surface area contributed by atoms with Gasteiger partial charge in [-0.2, -0.15) is 0 Å². The minimum atomic E-state index is -0.796. The average Bonchev–Trinajstić information content (AvgIpc) is 2.46. The molecule has 3 amide bonds. The summed E-state index contributed by atoms with van der Waals surface area (Å²) in [7, 11) is 3.19. The highest BCUT2D eigenvalue weighted by Crippen LogP contribution is 2.24. The molecule has 7 heteroatoms. The minimum Gasteiger partial charge on any atom is -0.481 e. The zero-order valence-electron chi connectivity index (χ0n) is 12.9. The Kier molecular flexibility index (Phi) is 6.45. The number of aliphatic carboxylic acids is 1. The summed E-state index contributed by atoms with van der Waals surface area (Å²) in [5.41, 5.74) is 0. The first-order valence-electron chi connectivity index (χ1n) is 7.31. The molecule has 3 N–H and O–H groups in total. The van der Waals surface area contributed by atoms with E-state index in [1.165, 1.54) is 4.90 Å². The van der Waals surface area contributed by atoms with E-state index in [-0.39, 0.29) is 29.8 Å². The molecular weight excluding hydrogens is 274 g/mol. The fourth-order valence-electron chi connectivity index (χ4n) is 2.65. The van der Waals surface area contributed by atoms with Gasteiger partial charge in [-0.15, -0.1) is 0 Å². The Labute approximate surface area is 125 Å². The van der Waals surface area contributed by atoms with Crippen molar-refractivity contribution in [3.05, 3.63) is 0 Å². The lowest BCUT2D eigenvalue weighted by molar-refractivity contribution is -0.143. The van der Waals surface area contributed by atoms with Crippen LogP contribution in [0.1, 0.15) is 32.6 Å². The molecule has 0 bridgehead atoms. The van der Waals surface area contributed by atoms with Gasteiger partial charge < -0.3 is 20.6 Å². The van der Waals surface area contributed by atoms with E-state index in [1.807, 2.05) is 0 Å². The number of carboxylic acids is 1. The van der Waals surface area contributed by atoms with Gasteiger partial charge in [-0.25, -0.2) is 4.79 Å². The van der Waals surface area contributed by atoms with E-state index in [1.54, 1.807) is 21.0 Å². The molecule has 1 rings (SSSR count). The molecule has 3 unspecified atom stereocenters. The second kappa shape index (κ2) is 7.85. The SMILES string of the molecule is CNC(=O)C(C)CN(C)C(=O)NC1CCCC(C(=O)O)C1. The molecule has 0 aliphatic heterocycles. The van der Waals surface area contributed by atoms with Crippen LogP contribution in [-0.4, -0.2) is 54.6 Å². The number of nitrogens with zero attached hydrogens (tertiary/aromatic N) is 1. The van der Waals surface area contributed by atoms with Gasteiger partial charge in [0.05, 0.1) is 11.8 Å². The fraction of sp³-hybridized carbons (Fsp3) is 0.786. The number of hydrogen-bond donors (Lipinski definition) is 3. The maximum Gasteiger partial charge on any atom is 0.317 e. The van der Waals surface area contributed by atoms with Crippen molar-refractivity contribution in [2.75, 3.05) is 20.6 Å². The molecule has 21 heavy (non-hydrogen) atoms. The standard InChI is InChI=1S/C14H25N3O4/c1-9(12(18)15-2)8-17(3)14(21)16-11-6-4-5-10(7-11)13(19)20/h9-11H,4-8H2,1-3H3,(H,15,18)(H,16,21)(H,19,20). The Bertz CT molecular complexity index is 400. The Morgan fingerprint density at radius 3 is 2.57 bits per heavy atom. The number of rotatable bonds is 5. The van der Waals surface area contributed by atoms with E-state index in [4.69, 9.17) is 5.11 Å². The van der Waals surface area contributed by atoms with Gasteiger partial charge in [0.2, 0.25) is 5.91 Å². The van der Waals surface area contributed by atoms with Crippen molar-refractivity contribution in [1.82, 2.24) is 15.5 Å². The van der Waals surface area contributed by atoms with Crippen LogP contribution in [-0.2, 0) is 9.59 Å². The van der Waals surface area contributed by atoms with Crippen LogP contribution in [0.4, 0.5) is 4.79 Å². The lowest BCUT2D eigenvalue weighted by Crippen LogP contribution is -2.47. The third-order valence-corrected chi connectivity index (χ3v) is 3.94. The van der Waals surface area contributed by atoms with E-state index in [0.29, 0.717) is 19.4 Å². The number of carbonyl (C=O) groups is 3. The van der Waals surface area contributed by atoms with Crippen LogP contribution in [0.25, 0.3) is 0 Å². The summed E-state index contributed by atoms with van der Waals surface area (Å²) < 4.78 is 0. The van der Waals surface area contributed by atoms with Crippen LogP contribution < -0.4 is 10.6 Å². The van der Waals surface area contributed by atoms with Gasteiger partial charge in [0, 0.05) is 26.7 Å². The molecule has 0 aromatic carbocycles. The van der Waals surface area contributed by atoms with Crippen molar-refractivity contribution in [3.63, 3.8) is 0 Å². The van der Waals surface area contributed by atoms with Gasteiger partial charge >= 0.3 is 12.0 Å². The number of carbonyl (C=O) groups excluding carboxylic acids is 2. The third-order valence-electron chi connectivity index (χ3n) is 3.94. The van der Waals surface area contributed by atoms with Gasteiger partial charge in [-0.3, -0.25) is 9.59 Å². The monoisotopic (exact) mass is 299 g/mol. The second-order valence-corrected chi connectivity index (χ2v) is 5.74. The zero-order valence-corrected chi connectivity index (χ0v) is 12.9. The lowest BCUT2D eigenvalue weighted by atomic mass is 9.86. The molecule has 1 aliphatic carbocycles. The van der Waals surface area contributed by atoms with Crippen LogP contribution >= 0.6 is 0 Å². The quantitative estimate of drug-likeness (QED) is 0.694. The van der Waals surface area contributed by atoms with E-state index >= 15 is 0 Å². The third kappa shape index (κ3) is 5.24. The van der Waals surface area contributed by atoms with Crippen molar-refractivity contribution < 1.29 is 19.5 Å². The largest absolute Gasteiger partial charge is 0.481 e. The normalized spacial score (nSPS) is 23.0. The summed E-state index contributed by atoms with van der Waals surface area (Å²) in [6, 6.07) is -0.369. The number of nitrogens with one attached hydrogen (secondary N) is 2. The molecule has 1 saturated carbocycles. The summed E-state index contributed by atoms with van der Waals surface area (Å²) >= 11 is 0. The first kappa shape index (κ1) is 17.3. The maximum atomic E-state index is 12.1. The molecule has 7 nitrogen and oxygen atoms in total. The summed E-state index contributed by atoms with van der Waals surface area (Å²) in [6.45, 7) is 2.07. The Hall–Kier alpha value is -1.79. The molecule has 3 atom stereocenters. The number of carboxylic acid groups (broad SMARTS) is 1. The highest BCUT2D eigenvalue weighted by atomic mass is 16.4. The Morgan fingerprint density at radius 2 is 2.00 bits per heavy atom. The van der Waals surface area contributed by atoms with Gasteiger partial charge in [-0.05, 0) is 19.3 Å². The van der Waals surface area contributed by atoms with E-state index in [2.05, 4.69) is 10.6 Å². The molecule has 0 radical (unpaired) electrons. The van der Waals surface area contributed by atoms with Crippen LogP contribution in [0.15, 0.2) is 0 Å². The van der Waals surface area contributed by atoms with E-state index in [0.717, 1.165) is 12.8 Å². The van der Waals surface area contributed by atoms with Crippen molar-refractivity contribution >= 4 is 17.9 Å². The minimum absolute atomic E-state index is 0.106. The molecule has 0 aromatic rings. The highest BCUT2D eigenvalue weighted by Gasteiger charge is 2.28. The van der Waals surface area contributed by atoms with Gasteiger partial charge in [0.25, 0.3) is 0 Å². The van der Waals surface area contributed by atoms with E-state index in [9.17, 15) is 14.4 Å². The number of urea groups is 1. The zero-order chi connectivity index (χ0) is 16.0. The molecule has 1 aliphatic rings. The summed E-state index contributed by atoms with van der Waals surface area (Å²) in [5.74, 6) is -1.57. The molecule has 120 valence electrons. The average molecular weight is 299 g/mol. The van der Waals surface area contributed by atoms with Crippen LogP contribution in [0.2, 0.25) is 0 Å². The Morgan fingerprint density at radius 1 is 1.33 bits per heavy atom. The molecule has 0 aromatic heterocycles. The highest BCUT2D eigenvalue weighted by molar-refractivity contribution is 5.80. The van der Waals surface area contributed by atoms with Crippen molar-refractivity contribution in [2.45, 2.75) is 38.6 Å². The van der Waals surface area contributed by atoms with Crippen molar-refractivity contribution in [1.29, 1.82) is 0 Å².